The Morgan fingerprint density at radius 3 is 2.50 bits per heavy atom. The minimum absolute atomic E-state index is 0.0933. The van der Waals surface area contributed by atoms with Gasteiger partial charge in [0.15, 0.2) is 6.61 Å². The van der Waals surface area contributed by atoms with Gasteiger partial charge in [-0.15, -0.1) is 0 Å². The zero-order valence-electron chi connectivity index (χ0n) is 15.3. The van der Waals surface area contributed by atoms with Crippen molar-refractivity contribution in [2.75, 3.05) is 6.61 Å². The van der Waals surface area contributed by atoms with Crippen LogP contribution in [-0.4, -0.2) is 34.3 Å². The Bertz CT molecular complexity index is 952. The van der Waals surface area contributed by atoms with Crippen LogP contribution in [0.15, 0.2) is 35.1 Å². The van der Waals surface area contributed by atoms with Gasteiger partial charge in [0.2, 0.25) is 11.1 Å². The van der Waals surface area contributed by atoms with Gasteiger partial charge in [-0.05, 0) is 32.9 Å². The number of rotatable bonds is 5. The van der Waals surface area contributed by atoms with Crippen molar-refractivity contribution < 1.29 is 27.5 Å². The first-order chi connectivity index (χ1) is 13.0. The number of hydrogen-bond acceptors (Lipinski definition) is 5. The molecule has 0 fully saturated rings. The minimum Gasteiger partial charge on any atom is -0.451 e. The van der Waals surface area contributed by atoms with Crippen molar-refractivity contribution in [1.29, 1.82) is 0 Å². The Kier molecular flexibility index (Phi) is 6.22. The monoisotopic (exact) mass is 397 g/mol. The molecule has 0 saturated heterocycles. The number of alkyl halides is 3. The Hall–Kier alpha value is -3.17. The van der Waals surface area contributed by atoms with E-state index in [2.05, 4.69) is 10.4 Å². The van der Waals surface area contributed by atoms with E-state index in [1.54, 1.807) is 13.8 Å². The van der Waals surface area contributed by atoms with Gasteiger partial charge in [0.1, 0.15) is 0 Å². The lowest BCUT2D eigenvalue weighted by Crippen LogP contribution is -2.34. The second-order valence-electron chi connectivity index (χ2n) is 6.22. The number of nitrogens with zero attached hydrogens (tertiary/aromatic N) is 2. The molecule has 0 aliphatic rings. The average molecular weight is 397 g/mol. The van der Waals surface area contributed by atoms with Crippen LogP contribution in [0.1, 0.15) is 35.6 Å². The molecular weight excluding hydrogens is 379 g/mol. The number of carbonyl (C=O) groups is 2. The number of aromatic nitrogens is 2. The van der Waals surface area contributed by atoms with Gasteiger partial charge < -0.3 is 10.1 Å². The van der Waals surface area contributed by atoms with E-state index in [0.29, 0.717) is 0 Å². The number of halogens is 3. The first-order valence-corrected chi connectivity index (χ1v) is 8.24. The van der Waals surface area contributed by atoms with Gasteiger partial charge in [-0.2, -0.15) is 18.3 Å². The molecule has 1 aromatic heterocycles. The van der Waals surface area contributed by atoms with E-state index >= 15 is 0 Å². The maximum Gasteiger partial charge on any atom is 0.418 e. The summed E-state index contributed by atoms with van der Waals surface area (Å²) in [7, 11) is 0. The van der Waals surface area contributed by atoms with Crippen molar-refractivity contribution in [2.45, 2.75) is 33.0 Å². The molecule has 10 heteroatoms. The van der Waals surface area contributed by atoms with Crippen molar-refractivity contribution in [3.8, 4) is 5.69 Å². The predicted octanol–water partition coefficient (Wildman–Crippen LogP) is 2.24. The molecule has 0 saturated carbocycles. The number of hydrogen-bond donors (Lipinski definition) is 1. The topological polar surface area (TPSA) is 90.3 Å². The number of benzene rings is 1. The summed E-state index contributed by atoms with van der Waals surface area (Å²) in [6, 6.07) is 5.41. The number of nitrogens with one attached hydrogen (secondary N) is 1. The largest absolute Gasteiger partial charge is 0.451 e. The molecule has 0 atom stereocenters. The molecule has 150 valence electrons. The maximum absolute atomic E-state index is 13.3. The molecule has 28 heavy (non-hydrogen) atoms. The van der Waals surface area contributed by atoms with Crippen LogP contribution in [0.25, 0.3) is 5.69 Å². The van der Waals surface area contributed by atoms with Crippen molar-refractivity contribution in [1.82, 2.24) is 15.1 Å². The van der Waals surface area contributed by atoms with Crippen LogP contribution in [0.2, 0.25) is 0 Å². The van der Waals surface area contributed by atoms with Crippen LogP contribution >= 0.6 is 0 Å². The number of aryl methyl sites for hydroxylation is 1. The summed E-state index contributed by atoms with van der Waals surface area (Å²) in [5.41, 5.74) is -2.78. The van der Waals surface area contributed by atoms with E-state index in [4.69, 9.17) is 4.74 Å². The van der Waals surface area contributed by atoms with Crippen LogP contribution in [0, 0.1) is 6.92 Å². The van der Waals surface area contributed by atoms with Gasteiger partial charge in [-0.25, -0.2) is 9.48 Å². The maximum atomic E-state index is 13.3. The molecule has 2 aromatic rings. The molecule has 0 bridgehead atoms. The normalized spacial score (nSPS) is 11.4. The molecule has 1 amide bonds. The van der Waals surface area contributed by atoms with Crippen molar-refractivity contribution in [3.63, 3.8) is 0 Å². The van der Waals surface area contributed by atoms with Gasteiger partial charge in [0.05, 0.1) is 11.3 Å². The number of esters is 1. The summed E-state index contributed by atoms with van der Waals surface area (Å²) in [6.45, 7) is 4.15. The van der Waals surface area contributed by atoms with E-state index in [9.17, 15) is 27.6 Å². The highest BCUT2D eigenvalue weighted by atomic mass is 19.4. The summed E-state index contributed by atoms with van der Waals surface area (Å²) in [4.78, 5) is 35.8. The number of para-hydroxylation sites is 1. The van der Waals surface area contributed by atoms with E-state index in [-0.39, 0.29) is 17.4 Å². The van der Waals surface area contributed by atoms with Crippen molar-refractivity contribution in [2.24, 2.45) is 0 Å². The summed E-state index contributed by atoms with van der Waals surface area (Å²) in [6.07, 6.45) is -4.66. The van der Waals surface area contributed by atoms with E-state index in [1.165, 1.54) is 25.1 Å². The molecule has 7 nitrogen and oxygen atoms in total. The summed E-state index contributed by atoms with van der Waals surface area (Å²) in [5.74, 6) is -1.79. The molecular formula is C18H18F3N3O4. The predicted molar refractivity (Wildman–Crippen MR) is 93.1 cm³/mol. The molecule has 0 aliphatic heterocycles. The zero-order valence-corrected chi connectivity index (χ0v) is 15.3. The van der Waals surface area contributed by atoms with E-state index in [0.717, 1.165) is 16.8 Å². The molecule has 1 aromatic carbocycles. The van der Waals surface area contributed by atoms with Crippen molar-refractivity contribution >= 4 is 11.9 Å². The van der Waals surface area contributed by atoms with Gasteiger partial charge in [0.25, 0.3) is 5.91 Å². The lowest BCUT2D eigenvalue weighted by molar-refractivity contribution is -0.137. The van der Waals surface area contributed by atoms with E-state index in [1.807, 2.05) is 0 Å². The fourth-order valence-corrected chi connectivity index (χ4v) is 2.39. The highest BCUT2D eigenvalue weighted by Gasteiger charge is 2.34. The smallest absolute Gasteiger partial charge is 0.418 e. The zero-order chi connectivity index (χ0) is 21.1. The average Bonchev–Trinajstić information content (AvgIpc) is 2.58. The molecule has 1 heterocycles. The van der Waals surface area contributed by atoms with E-state index < -0.39 is 41.3 Å². The van der Waals surface area contributed by atoms with Crippen molar-refractivity contribution in [3.05, 3.63) is 57.5 Å². The fourth-order valence-electron chi connectivity index (χ4n) is 2.39. The van der Waals surface area contributed by atoms with Crippen LogP contribution in [0.5, 0.6) is 0 Å². The molecule has 2 rings (SSSR count). The Balaban J connectivity index is 2.40. The van der Waals surface area contributed by atoms with Gasteiger partial charge >= 0.3 is 12.1 Å². The minimum atomic E-state index is -4.66. The lowest BCUT2D eigenvalue weighted by Gasteiger charge is -2.16. The Morgan fingerprint density at radius 2 is 1.89 bits per heavy atom. The number of amides is 1. The second kappa shape index (κ2) is 8.24. The fraction of sp³-hybridized carbons (Fsp3) is 0.333. The van der Waals surface area contributed by atoms with Crippen LogP contribution in [0.4, 0.5) is 13.2 Å². The standard InChI is InChI=1S/C18H18F3N3O4/c1-10(2)22-15(26)9-28-17(27)16-14(25)8-11(3)24(23-16)13-7-5-4-6-12(13)18(19,20)21/h4-8,10H,9H2,1-3H3,(H,22,26). The molecule has 1 N–H and O–H groups in total. The summed E-state index contributed by atoms with van der Waals surface area (Å²) in [5, 5.41) is 6.24. The first-order valence-electron chi connectivity index (χ1n) is 8.24. The highest BCUT2D eigenvalue weighted by molar-refractivity contribution is 5.89. The molecule has 0 spiro atoms. The molecule has 0 aliphatic carbocycles. The third-order valence-corrected chi connectivity index (χ3v) is 3.52. The summed E-state index contributed by atoms with van der Waals surface area (Å²) >= 11 is 0. The highest BCUT2D eigenvalue weighted by Crippen LogP contribution is 2.33. The number of ether oxygens (including phenoxy) is 1. The third-order valence-electron chi connectivity index (χ3n) is 3.52. The summed E-state index contributed by atoms with van der Waals surface area (Å²) < 4.78 is 45.4. The molecule has 0 unspecified atom stereocenters. The first kappa shape index (κ1) is 21.1. The Labute approximate surface area is 158 Å². The van der Waals surface area contributed by atoms with Crippen LogP contribution < -0.4 is 10.7 Å². The van der Waals surface area contributed by atoms with Crippen LogP contribution in [0.3, 0.4) is 0 Å². The Morgan fingerprint density at radius 1 is 1.25 bits per heavy atom. The lowest BCUT2D eigenvalue weighted by atomic mass is 10.1. The second-order valence-corrected chi connectivity index (χ2v) is 6.22. The van der Waals surface area contributed by atoms with Gasteiger partial charge in [0, 0.05) is 17.8 Å². The van der Waals surface area contributed by atoms with Gasteiger partial charge in [-0.3, -0.25) is 9.59 Å². The third kappa shape index (κ3) is 4.96. The number of carbonyl (C=O) groups excluding carboxylic acids is 2. The quantitative estimate of drug-likeness (QED) is 0.782. The molecule has 0 radical (unpaired) electrons. The SMILES string of the molecule is Cc1cc(=O)c(C(=O)OCC(=O)NC(C)C)nn1-c1ccccc1C(F)(F)F. The van der Waals surface area contributed by atoms with Crippen LogP contribution in [-0.2, 0) is 15.7 Å². The van der Waals surface area contributed by atoms with Gasteiger partial charge in [-0.1, -0.05) is 12.1 Å².